The molecule has 0 amide bonds. The molecule has 0 bridgehead atoms. The number of nitrogens with one attached hydrogen (secondary N) is 1. The maximum Gasteiger partial charge on any atom is 0.243 e. The molecule has 26 heavy (non-hydrogen) atoms. The first-order valence-corrected chi connectivity index (χ1v) is 9.69. The summed E-state index contributed by atoms with van der Waals surface area (Å²) in [5.74, 6) is 1.29. The van der Waals surface area contributed by atoms with Crippen LogP contribution in [-0.2, 0) is 10.0 Å². The third kappa shape index (κ3) is 3.00. The maximum atomic E-state index is 12.9. The number of para-hydroxylation sites is 1. The summed E-state index contributed by atoms with van der Waals surface area (Å²) >= 11 is 0. The Balaban J connectivity index is 1.67. The van der Waals surface area contributed by atoms with Crippen molar-refractivity contribution in [3.63, 3.8) is 0 Å². The molecule has 6 nitrogen and oxygen atoms in total. The predicted octanol–water partition coefficient (Wildman–Crippen LogP) is 3.31. The van der Waals surface area contributed by atoms with Crippen LogP contribution >= 0.6 is 0 Å². The van der Waals surface area contributed by atoms with Gasteiger partial charge in [0.05, 0.1) is 5.52 Å². The summed E-state index contributed by atoms with van der Waals surface area (Å²) in [5.41, 5.74) is 2.24. The summed E-state index contributed by atoms with van der Waals surface area (Å²) in [5, 5.41) is 0.795. The van der Waals surface area contributed by atoms with Gasteiger partial charge in [0.15, 0.2) is 11.5 Å². The Morgan fingerprint density at radius 3 is 2.77 bits per heavy atom. The van der Waals surface area contributed by atoms with Gasteiger partial charge in [-0.05, 0) is 49.2 Å². The SMILES string of the molecule is Cc1cnc2c(S(=O)(=O)NC(C)c3ccc4c(c3)OCO4)cccc2c1. The van der Waals surface area contributed by atoms with E-state index in [9.17, 15) is 8.42 Å². The van der Waals surface area contributed by atoms with Crippen molar-refractivity contribution in [2.75, 3.05) is 6.79 Å². The van der Waals surface area contributed by atoms with Crippen LogP contribution in [-0.4, -0.2) is 20.2 Å². The molecule has 7 heteroatoms. The normalized spacial score (nSPS) is 14.5. The average Bonchev–Trinajstić information content (AvgIpc) is 3.08. The van der Waals surface area contributed by atoms with Crippen LogP contribution in [0, 0.1) is 6.92 Å². The van der Waals surface area contributed by atoms with Crippen LogP contribution in [0.1, 0.15) is 24.1 Å². The van der Waals surface area contributed by atoms with Gasteiger partial charge in [-0.1, -0.05) is 18.2 Å². The zero-order valence-electron chi connectivity index (χ0n) is 14.4. The predicted molar refractivity (Wildman–Crippen MR) is 97.8 cm³/mol. The highest BCUT2D eigenvalue weighted by Crippen LogP contribution is 2.34. The zero-order chi connectivity index (χ0) is 18.3. The molecule has 1 N–H and O–H groups in total. The number of fused-ring (bicyclic) bond motifs is 2. The Morgan fingerprint density at radius 1 is 1.12 bits per heavy atom. The quantitative estimate of drug-likeness (QED) is 0.762. The molecule has 0 saturated heterocycles. The number of aryl methyl sites for hydroxylation is 1. The van der Waals surface area contributed by atoms with Crippen molar-refractivity contribution in [2.45, 2.75) is 24.8 Å². The molecule has 0 saturated carbocycles. The van der Waals surface area contributed by atoms with Crippen LogP contribution in [0.2, 0.25) is 0 Å². The number of aromatic nitrogens is 1. The second-order valence-corrected chi connectivity index (χ2v) is 7.98. The molecule has 134 valence electrons. The minimum atomic E-state index is -3.75. The summed E-state index contributed by atoms with van der Waals surface area (Å²) in [7, 11) is -3.75. The van der Waals surface area contributed by atoms with E-state index in [2.05, 4.69) is 9.71 Å². The zero-order valence-corrected chi connectivity index (χ0v) is 15.2. The lowest BCUT2D eigenvalue weighted by molar-refractivity contribution is 0.174. The Kier molecular flexibility index (Phi) is 4.05. The second-order valence-electron chi connectivity index (χ2n) is 6.30. The second kappa shape index (κ2) is 6.26. The molecule has 1 aliphatic rings. The summed E-state index contributed by atoms with van der Waals surface area (Å²) in [6.45, 7) is 3.89. The molecule has 3 aromatic rings. The number of benzene rings is 2. The number of hydrogen-bond acceptors (Lipinski definition) is 5. The van der Waals surface area contributed by atoms with E-state index < -0.39 is 16.1 Å². The highest BCUT2D eigenvalue weighted by atomic mass is 32.2. The molecule has 1 unspecified atom stereocenters. The molecule has 2 aromatic carbocycles. The molecule has 1 atom stereocenters. The Labute approximate surface area is 151 Å². The van der Waals surface area contributed by atoms with Gasteiger partial charge < -0.3 is 9.47 Å². The van der Waals surface area contributed by atoms with E-state index in [1.165, 1.54) is 0 Å². The Morgan fingerprint density at radius 2 is 1.92 bits per heavy atom. The standard InChI is InChI=1S/C19H18N2O4S/c1-12-8-15-4-3-5-18(19(15)20-10-12)26(22,23)21-13(2)14-6-7-16-17(9-14)25-11-24-16/h3-10,13,21H,11H2,1-2H3. The molecule has 0 aliphatic carbocycles. The number of rotatable bonds is 4. The minimum absolute atomic E-state index is 0.169. The van der Waals surface area contributed by atoms with Gasteiger partial charge in [0, 0.05) is 17.6 Å². The number of nitrogens with zero attached hydrogens (tertiary/aromatic N) is 1. The monoisotopic (exact) mass is 370 g/mol. The fourth-order valence-corrected chi connectivity index (χ4v) is 4.42. The van der Waals surface area contributed by atoms with Crippen LogP contribution in [0.4, 0.5) is 0 Å². The van der Waals surface area contributed by atoms with Crippen molar-refractivity contribution < 1.29 is 17.9 Å². The van der Waals surface area contributed by atoms with Gasteiger partial charge in [0.1, 0.15) is 4.90 Å². The summed E-state index contributed by atoms with van der Waals surface area (Å²) in [6, 6.07) is 12.0. The van der Waals surface area contributed by atoms with Gasteiger partial charge >= 0.3 is 0 Å². The number of hydrogen-bond donors (Lipinski definition) is 1. The van der Waals surface area contributed by atoms with E-state index in [1.807, 2.05) is 25.1 Å². The van der Waals surface area contributed by atoms with Gasteiger partial charge in [-0.3, -0.25) is 4.98 Å². The van der Waals surface area contributed by atoms with Crippen molar-refractivity contribution in [1.82, 2.24) is 9.71 Å². The highest BCUT2D eigenvalue weighted by molar-refractivity contribution is 7.89. The van der Waals surface area contributed by atoms with Crippen molar-refractivity contribution >= 4 is 20.9 Å². The smallest absolute Gasteiger partial charge is 0.243 e. The van der Waals surface area contributed by atoms with Crippen LogP contribution in [0.3, 0.4) is 0 Å². The largest absolute Gasteiger partial charge is 0.454 e. The molecular weight excluding hydrogens is 352 g/mol. The van der Waals surface area contributed by atoms with Crippen LogP contribution < -0.4 is 14.2 Å². The number of sulfonamides is 1. The fourth-order valence-electron chi connectivity index (χ4n) is 3.01. The summed E-state index contributed by atoms with van der Waals surface area (Å²) in [6.07, 6.45) is 1.67. The third-order valence-electron chi connectivity index (χ3n) is 4.33. The van der Waals surface area contributed by atoms with E-state index in [-0.39, 0.29) is 11.7 Å². The third-order valence-corrected chi connectivity index (χ3v) is 5.90. The van der Waals surface area contributed by atoms with Crippen LogP contribution in [0.25, 0.3) is 10.9 Å². The van der Waals surface area contributed by atoms with Gasteiger partial charge in [-0.25, -0.2) is 13.1 Å². The summed E-state index contributed by atoms with van der Waals surface area (Å²) < 4.78 is 39.3. The topological polar surface area (TPSA) is 77.5 Å². The van der Waals surface area contributed by atoms with Crippen LogP contribution in [0.15, 0.2) is 53.6 Å². The molecular formula is C19H18N2O4S. The lowest BCUT2D eigenvalue weighted by atomic mass is 10.1. The average molecular weight is 370 g/mol. The fraction of sp³-hybridized carbons (Fsp3) is 0.211. The van der Waals surface area contributed by atoms with Gasteiger partial charge in [0.25, 0.3) is 0 Å². The maximum absolute atomic E-state index is 12.9. The Bertz CT molecular complexity index is 1100. The first-order chi connectivity index (χ1) is 12.4. The van der Waals surface area contributed by atoms with Crippen molar-refractivity contribution in [1.29, 1.82) is 0 Å². The molecule has 2 heterocycles. The first-order valence-electron chi connectivity index (χ1n) is 8.21. The number of ether oxygens (including phenoxy) is 2. The molecule has 4 rings (SSSR count). The van der Waals surface area contributed by atoms with E-state index in [1.54, 1.807) is 37.4 Å². The van der Waals surface area contributed by atoms with Crippen molar-refractivity contribution in [3.8, 4) is 11.5 Å². The first kappa shape index (κ1) is 16.8. The van der Waals surface area contributed by atoms with E-state index >= 15 is 0 Å². The van der Waals surface area contributed by atoms with Gasteiger partial charge in [0.2, 0.25) is 16.8 Å². The highest BCUT2D eigenvalue weighted by Gasteiger charge is 2.23. The summed E-state index contributed by atoms with van der Waals surface area (Å²) in [4.78, 5) is 4.49. The van der Waals surface area contributed by atoms with E-state index in [4.69, 9.17) is 9.47 Å². The molecule has 0 fully saturated rings. The number of pyridine rings is 1. The molecule has 1 aliphatic heterocycles. The van der Waals surface area contributed by atoms with E-state index in [0.29, 0.717) is 17.0 Å². The molecule has 1 aromatic heterocycles. The lowest BCUT2D eigenvalue weighted by Gasteiger charge is -2.16. The lowest BCUT2D eigenvalue weighted by Crippen LogP contribution is -2.27. The minimum Gasteiger partial charge on any atom is -0.454 e. The van der Waals surface area contributed by atoms with Gasteiger partial charge in [-0.2, -0.15) is 0 Å². The van der Waals surface area contributed by atoms with E-state index in [0.717, 1.165) is 16.5 Å². The molecule has 0 spiro atoms. The van der Waals surface area contributed by atoms with Crippen molar-refractivity contribution in [3.05, 3.63) is 59.8 Å². The van der Waals surface area contributed by atoms with Crippen LogP contribution in [0.5, 0.6) is 11.5 Å². The van der Waals surface area contributed by atoms with Crippen molar-refractivity contribution in [2.24, 2.45) is 0 Å². The molecule has 0 radical (unpaired) electrons. The van der Waals surface area contributed by atoms with Gasteiger partial charge in [-0.15, -0.1) is 0 Å². The Hall–Kier alpha value is -2.64.